The number of piperazine rings is 1. The number of fused-ring (bicyclic) bond motifs is 1. The lowest BCUT2D eigenvalue weighted by Gasteiger charge is -2.34. The zero-order chi connectivity index (χ0) is 19.7. The molecule has 2 N–H and O–H groups in total. The smallest absolute Gasteiger partial charge is 0.289 e. The van der Waals surface area contributed by atoms with Crippen molar-refractivity contribution in [1.82, 2.24) is 14.9 Å². The van der Waals surface area contributed by atoms with Crippen LogP contribution in [0.25, 0.3) is 10.9 Å². The molecular weight excluding hydrogens is 433 g/mol. The number of amides is 1. The molecule has 1 aromatic carbocycles. The lowest BCUT2D eigenvalue weighted by molar-refractivity contribution is 0.0714. The quantitative estimate of drug-likeness (QED) is 0.639. The Morgan fingerprint density at radius 3 is 2.33 bits per heavy atom. The highest BCUT2D eigenvalue weighted by atomic mass is 35.5. The highest BCUT2D eigenvalue weighted by molar-refractivity contribution is 5.92. The van der Waals surface area contributed by atoms with E-state index in [0.29, 0.717) is 66.1 Å². The van der Waals surface area contributed by atoms with E-state index in [1.54, 1.807) is 43.4 Å². The molecule has 3 heterocycles. The molecule has 1 aliphatic heterocycles. The van der Waals surface area contributed by atoms with Crippen molar-refractivity contribution < 1.29 is 18.7 Å². The summed E-state index contributed by atoms with van der Waals surface area (Å²) in [6.07, 6.45) is 1.50. The average Bonchev–Trinajstić information content (AvgIpc) is 3.27. The van der Waals surface area contributed by atoms with Gasteiger partial charge in [-0.1, -0.05) is 0 Å². The first kappa shape index (κ1) is 23.4. The molecule has 3 aromatic rings. The van der Waals surface area contributed by atoms with Gasteiger partial charge in [0.05, 0.1) is 26.0 Å². The van der Waals surface area contributed by atoms with E-state index in [4.69, 9.17) is 19.6 Å². The summed E-state index contributed by atoms with van der Waals surface area (Å²) in [4.78, 5) is 25.3. The van der Waals surface area contributed by atoms with Crippen LogP contribution in [0.2, 0.25) is 0 Å². The third-order valence-electron chi connectivity index (χ3n) is 4.80. The van der Waals surface area contributed by atoms with E-state index in [1.807, 2.05) is 4.90 Å². The number of hydrogen-bond donors (Lipinski definition) is 1. The molecule has 0 radical (unpaired) electrons. The van der Waals surface area contributed by atoms with Crippen molar-refractivity contribution in [3.05, 3.63) is 36.3 Å². The van der Waals surface area contributed by atoms with Crippen LogP contribution in [0, 0.1) is 0 Å². The standard InChI is InChI=1S/C19H21N5O4.2ClH/c1-26-15-10-12-13(11-16(15)27-2)21-19(22-17(12)20)24-7-5-23(6-8-24)18(25)14-4-3-9-28-14;;/h3-4,9-11H,5-8H2,1-2H3,(H2,20,21,22);2*1H. The van der Waals surface area contributed by atoms with E-state index in [-0.39, 0.29) is 30.7 Å². The van der Waals surface area contributed by atoms with Gasteiger partial charge in [0.2, 0.25) is 5.95 Å². The molecule has 2 aromatic heterocycles. The minimum atomic E-state index is -0.111. The summed E-state index contributed by atoms with van der Waals surface area (Å²) >= 11 is 0. The molecule has 1 amide bonds. The van der Waals surface area contributed by atoms with Crippen LogP contribution >= 0.6 is 24.8 Å². The second-order valence-corrected chi connectivity index (χ2v) is 6.39. The van der Waals surface area contributed by atoms with Crippen molar-refractivity contribution in [2.75, 3.05) is 51.0 Å². The minimum absolute atomic E-state index is 0. The van der Waals surface area contributed by atoms with Crippen molar-refractivity contribution in [2.45, 2.75) is 0 Å². The molecular formula is C19H23Cl2N5O4. The van der Waals surface area contributed by atoms with Crippen LogP contribution in [-0.4, -0.2) is 61.2 Å². The number of benzene rings is 1. The van der Waals surface area contributed by atoms with Gasteiger partial charge in [0.15, 0.2) is 17.3 Å². The highest BCUT2D eigenvalue weighted by Crippen LogP contribution is 2.34. The monoisotopic (exact) mass is 455 g/mol. The molecule has 1 saturated heterocycles. The summed E-state index contributed by atoms with van der Waals surface area (Å²) in [7, 11) is 3.14. The van der Waals surface area contributed by atoms with Gasteiger partial charge in [-0.2, -0.15) is 4.98 Å². The lowest BCUT2D eigenvalue weighted by atomic mass is 10.2. The average molecular weight is 456 g/mol. The van der Waals surface area contributed by atoms with E-state index < -0.39 is 0 Å². The van der Waals surface area contributed by atoms with Crippen LogP contribution in [0.5, 0.6) is 11.5 Å². The number of carbonyl (C=O) groups is 1. The molecule has 0 bridgehead atoms. The fourth-order valence-corrected chi connectivity index (χ4v) is 3.27. The molecule has 0 saturated carbocycles. The summed E-state index contributed by atoms with van der Waals surface area (Å²) < 4.78 is 15.9. The van der Waals surface area contributed by atoms with Crippen molar-refractivity contribution >= 4 is 53.4 Å². The van der Waals surface area contributed by atoms with Gasteiger partial charge in [-0.05, 0) is 18.2 Å². The van der Waals surface area contributed by atoms with Crippen LogP contribution in [0.3, 0.4) is 0 Å². The summed E-state index contributed by atoms with van der Waals surface area (Å²) in [5.74, 6) is 2.29. The first-order chi connectivity index (χ1) is 13.6. The maximum Gasteiger partial charge on any atom is 0.289 e. The molecule has 162 valence electrons. The summed E-state index contributed by atoms with van der Waals surface area (Å²) in [5, 5.41) is 0.702. The third-order valence-corrected chi connectivity index (χ3v) is 4.80. The van der Waals surface area contributed by atoms with Crippen LogP contribution in [0.4, 0.5) is 11.8 Å². The zero-order valence-electron chi connectivity index (χ0n) is 16.5. The highest BCUT2D eigenvalue weighted by Gasteiger charge is 2.25. The Labute approximate surface area is 186 Å². The number of furan rings is 1. The molecule has 9 nitrogen and oxygen atoms in total. The zero-order valence-corrected chi connectivity index (χ0v) is 18.2. The van der Waals surface area contributed by atoms with E-state index in [9.17, 15) is 4.79 Å². The number of ether oxygens (including phenoxy) is 2. The van der Waals surface area contributed by atoms with E-state index in [2.05, 4.69) is 9.97 Å². The SMILES string of the molecule is COc1cc2nc(N3CCN(C(=O)c4ccco4)CC3)nc(N)c2cc1OC.Cl.Cl. The van der Waals surface area contributed by atoms with Gasteiger partial charge in [0, 0.05) is 37.6 Å². The number of methoxy groups -OCH3 is 2. The van der Waals surface area contributed by atoms with Gasteiger partial charge in [-0.15, -0.1) is 24.8 Å². The molecule has 1 aliphatic rings. The van der Waals surface area contributed by atoms with Crippen LogP contribution in [-0.2, 0) is 0 Å². The molecule has 11 heteroatoms. The van der Waals surface area contributed by atoms with Crippen LogP contribution < -0.4 is 20.1 Å². The van der Waals surface area contributed by atoms with Gasteiger partial charge < -0.3 is 29.4 Å². The van der Waals surface area contributed by atoms with Crippen molar-refractivity contribution in [2.24, 2.45) is 0 Å². The number of nitrogens with zero attached hydrogens (tertiary/aromatic N) is 4. The van der Waals surface area contributed by atoms with Crippen molar-refractivity contribution in [3.63, 3.8) is 0 Å². The molecule has 1 fully saturated rings. The van der Waals surface area contributed by atoms with Gasteiger partial charge in [-0.3, -0.25) is 4.79 Å². The van der Waals surface area contributed by atoms with E-state index >= 15 is 0 Å². The Balaban J connectivity index is 0.00000160. The Bertz CT molecular complexity index is 1010. The molecule has 0 spiro atoms. The Morgan fingerprint density at radius 2 is 1.73 bits per heavy atom. The number of nitrogen functional groups attached to an aromatic ring is 1. The number of nitrogens with two attached hydrogens (primary N) is 1. The third kappa shape index (κ3) is 4.31. The molecule has 0 atom stereocenters. The maximum absolute atomic E-state index is 12.4. The lowest BCUT2D eigenvalue weighted by Crippen LogP contribution is -2.49. The van der Waals surface area contributed by atoms with Gasteiger partial charge in [0.25, 0.3) is 5.91 Å². The van der Waals surface area contributed by atoms with Crippen molar-refractivity contribution in [1.29, 1.82) is 0 Å². The normalized spacial score (nSPS) is 13.4. The van der Waals surface area contributed by atoms with Gasteiger partial charge >= 0.3 is 0 Å². The predicted octanol–water partition coefficient (Wildman–Crippen LogP) is 2.63. The van der Waals surface area contributed by atoms with E-state index in [1.165, 1.54) is 6.26 Å². The second kappa shape index (κ2) is 9.73. The predicted molar refractivity (Wildman–Crippen MR) is 118 cm³/mol. The van der Waals surface area contributed by atoms with E-state index in [0.717, 1.165) is 0 Å². The number of aromatic nitrogens is 2. The number of rotatable bonds is 4. The minimum Gasteiger partial charge on any atom is -0.493 e. The Hall–Kier alpha value is -2.91. The molecule has 4 rings (SSSR count). The maximum atomic E-state index is 12.4. The largest absolute Gasteiger partial charge is 0.493 e. The molecule has 30 heavy (non-hydrogen) atoms. The van der Waals surface area contributed by atoms with Crippen LogP contribution in [0.15, 0.2) is 34.9 Å². The molecule has 0 aliphatic carbocycles. The number of hydrogen-bond acceptors (Lipinski definition) is 8. The molecule has 0 unspecified atom stereocenters. The number of anilines is 2. The fraction of sp³-hybridized carbons (Fsp3) is 0.316. The van der Waals surface area contributed by atoms with Gasteiger partial charge in [-0.25, -0.2) is 4.98 Å². The Morgan fingerprint density at radius 1 is 1.07 bits per heavy atom. The number of halogens is 2. The second-order valence-electron chi connectivity index (χ2n) is 6.39. The summed E-state index contributed by atoms with van der Waals surface area (Å²) in [6.45, 7) is 2.30. The summed E-state index contributed by atoms with van der Waals surface area (Å²) in [6, 6.07) is 6.93. The first-order valence-corrected chi connectivity index (χ1v) is 8.87. The fourth-order valence-electron chi connectivity index (χ4n) is 3.27. The van der Waals surface area contributed by atoms with Crippen LogP contribution in [0.1, 0.15) is 10.6 Å². The summed E-state index contributed by atoms with van der Waals surface area (Å²) in [5.41, 5.74) is 6.84. The number of carbonyl (C=O) groups excluding carboxylic acids is 1. The Kier molecular flexibility index (Phi) is 7.58. The first-order valence-electron chi connectivity index (χ1n) is 8.87. The van der Waals surface area contributed by atoms with Gasteiger partial charge in [0.1, 0.15) is 5.82 Å². The van der Waals surface area contributed by atoms with Crippen molar-refractivity contribution in [3.8, 4) is 11.5 Å². The topological polar surface area (TPSA) is 107 Å².